The molecular formula is C17H14F3N5O2. The van der Waals surface area contributed by atoms with Gasteiger partial charge in [-0.05, 0) is 18.2 Å². The molecule has 3 rings (SSSR count). The van der Waals surface area contributed by atoms with E-state index < -0.39 is 24.5 Å². The van der Waals surface area contributed by atoms with E-state index in [4.69, 9.17) is 5.26 Å². The fraction of sp³-hybridized carbons (Fsp3) is 0.294. The molecule has 1 atom stereocenters. The molecule has 1 N–H and O–H groups in total. The van der Waals surface area contributed by atoms with Crippen LogP contribution in [0.25, 0.3) is 0 Å². The standard InChI is InChI=1S/C17H14F3N5O2/c18-17(19,20)10-24-9-14(7-22-24)25-8-12(5-15(25)26)16(27)23-13-3-1-2-11(4-13)6-21/h1-4,7,9,12H,5,8,10H2,(H,23,27)/t12-/m1/s1. The molecule has 10 heteroatoms. The van der Waals surface area contributed by atoms with Crippen molar-refractivity contribution in [1.29, 1.82) is 5.26 Å². The molecule has 1 aliphatic rings. The second-order valence-corrected chi connectivity index (χ2v) is 6.10. The van der Waals surface area contributed by atoms with Gasteiger partial charge in [0.1, 0.15) is 6.54 Å². The average Bonchev–Trinajstić information content (AvgIpc) is 3.20. The number of benzene rings is 1. The molecule has 7 nitrogen and oxygen atoms in total. The normalized spacial score (nSPS) is 17.0. The highest BCUT2D eigenvalue weighted by Gasteiger charge is 2.36. The van der Waals surface area contributed by atoms with Crippen molar-refractivity contribution >= 4 is 23.2 Å². The van der Waals surface area contributed by atoms with E-state index in [-0.39, 0.29) is 24.6 Å². The van der Waals surface area contributed by atoms with Crippen LogP contribution in [0.1, 0.15) is 12.0 Å². The number of alkyl halides is 3. The summed E-state index contributed by atoms with van der Waals surface area (Å²) in [5.74, 6) is -1.43. The summed E-state index contributed by atoms with van der Waals surface area (Å²) in [7, 11) is 0. The van der Waals surface area contributed by atoms with E-state index in [9.17, 15) is 22.8 Å². The van der Waals surface area contributed by atoms with E-state index >= 15 is 0 Å². The number of nitriles is 1. The van der Waals surface area contributed by atoms with Gasteiger partial charge >= 0.3 is 6.18 Å². The first-order chi connectivity index (χ1) is 12.7. The molecule has 27 heavy (non-hydrogen) atoms. The van der Waals surface area contributed by atoms with Crippen molar-refractivity contribution < 1.29 is 22.8 Å². The molecule has 1 aliphatic heterocycles. The molecule has 0 unspecified atom stereocenters. The van der Waals surface area contributed by atoms with E-state index in [0.29, 0.717) is 15.9 Å². The van der Waals surface area contributed by atoms with Crippen LogP contribution in [0.5, 0.6) is 0 Å². The van der Waals surface area contributed by atoms with Crippen molar-refractivity contribution in [3.05, 3.63) is 42.2 Å². The number of hydrogen-bond acceptors (Lipinski definition) is 4. The number of amides is 2. The van der Waals surface area contributed by atoms with Crippen LogP contribution >= 0.6 is 0 Å². The van der Waals surface area contributed by atoms with Crippen LogP contribution in [-0.4, -0.2) is 34.3 Å². The zero-order valence-electron chi connectivity index (χ0n) is 13.9. The third-order valence-corrected chi connectivity index (χ3v) is 4.03. The molecule has 1 fully saturated rings. The maximum absolute atomic E-state index is 12.4. The van der Waals surface area contributed by atoms with E-state index in [1.54, 1.807) is 18.2 Å². The molecule has 0 bridgehead atoms. The lowest BCUT2D eigenvalue weighted by molar-refractivity contribution is -0.142. The third kappa shape index (κ3) is 4.44. The minimum absolute atomic E-state index is 0.0420. The second-order valence-electron chi connectivity index (χ2n) is 6.10. The summed E-state index contributed by atoms with van der Waals surface area (Å²) in [6.45, 7) is -1.21. The third-order valence-electron chi connectivity index (χ3n) is 4.03. The Kier molecular flexibility index (Phi) is 4.85. The number of hydrogen-bond donors (Lipinski definition) is 1. The van der Waals surface area contributed by atoms with Crippen LogP contribution in [0.4, 0.5) is 24.5 Å². The van der Waals surface area contributed by atoms with E-state index in [1.165, 1.54) is 17.2 Å². The zero-order valence-corrected chi connectivity index (χ0v) is 13.9. The second kappa shape index (κ2) is 7.11. The van der Waals surface area contributed by atoms with Crippen molar-refractivity contribution in [2.24, 2.45) is 5.92 Å². The van der Waals surface area contributed by atoms with E-state index in [2.05, 4.69) is 10.4 Å². The largest absolute Gasteiger partial charge is 0.408 e. The number of rotatable bonds is 4. The van der Waals surface area contributed by atoms with E-state index in [1.807, 2.05) is 6.07 Å². The molecule has 0 aliphatic carbocycles. The molecule has 140 valence electrons. The predicted molar refractivity (Wildman–Crippen MR) is 88.5 cm³/mol. The number of halogens is 3. The van der Waals surface area contributed by atoms with Gasteiger partial charge in [-0.2, -0.15) is 23.5 Å². The molecule has 2 heterocycles. The van der Waals surface area contributed by atoms with Crippen LogP contribution in [-0.2, 0) is 16.1 Å². The number of carbonyl (C=O) groups excluding carboxylic acids is 2. The lowest BCUT2D eigenvalue weighted by atomic mass is 10.1. The molecule has 1 aromatic heterocycles. The van der Waals surface area contributed by atoms with Gasteiger partial charge < -0.3 is 10.2 Å². The maximum Gasteiger partial charge on any atom is 0.408 e. The fourth-order valence-corrected chi connectivity index (χ4v) is 2.81. The minimum Gasteiger partial charge on any atom is -0.326 e. The smallest absolute Gasteiger partial charge is 0.326 e. The Hall–Kier alpha value is -3.35. The Bertz CT molecular complexity index is 916. The molecule has 0 spiro atoms. The Morgan fingerprint density at radius 2 is 2.19 bits per heavy atom. The zero-order chi connectivity index (χ0) is 19.6. The lowest BCUT2D eigenvalue weighted by Gasteiger charge is -2.14. The molecule has 2 amide bonds. The van der Waals surface area contributed by atoms with Gasteiger partial charge in [0.05, 0.1) is 29.4 Å². The van der Waals surface area contributed by atoms with Gasteiger partial charge in [0, 0.05) is 24.8 Å². The van der Waals surface area contributed by atoms with Crippen molar-refractivity contribution in [3.63, 3.8) is 0 Å². The number of nitrogens with one attached hydrogen (secondary N) is 1. The Balaban J connectivity index is 1.66. The van der Waals surface area contributed by atoms with Crippen molar-refractivity contribution in [2.45, 2.75) is 19.1 Å². The highest BCUT2D eigenvalue weighted by molar-refractivity contribution is 6.03. The Morgan fingerprint density at radius 1 is 1.41 bits per heavy atom. The van der Waals surface area contributed by atoms with Crippen LogP contribution in [0.2, 0.25) is 0 Å². The monoisotopic (exact) mass is 377 g/mol. The van der Waals surface area contributed by atoms with Crippen LogP contribution in [0.15, 0.2) is 36.7 Å². The molecule has 0 saturated carbocycles. The quantitative estimate of drug-likeness (QED) is 0.885. The first-order valence-electron chi connectivity index (χ1n) is 7.96. The maximum atomic E-state index is 12.4. The first kappa shape index (κ1) is 18.4. The van der Waals surface area contributed by atoms with Crippen LogP contribution in [0, 0.1) is 17.2 Å². The number of carbonyl (C=O) groups is 2. The first-order valence-corrected chi connectivity index (χ1v) is 7.96. The molecule has 1 aromatic carbocycles. The van der Waals surface area contributed by atoms with Gasteiger partial charge in [-0.15, -0.1) is 0 Å². The molecule has 0 radical (unpaired) electrons. The summed E-state index contributed by atoms with van der Waals surface area (Å²) >= 11 is 0. The van der Waals surface area contributed by atoms with Crippen LogP contribution < -0.4 is 10.2 Å². The Morgan fingerprint density at radius 3 is 2.89 bits per heavy atom. The Labute approximate surface area is 152 Å². The summed E-state index contributed by atoms with van der Waals surface area (Å²) < 4.78 is 38.0. The number of anilines is 2. The SMILES string of the molecule is N#Cc1cccc(NC(=O)[C@@H]2CC(=O)N(c3cnn(CC(F)(F)F)c3)C2)c1. The van der Waals surface area contributed by atoms with Gasteiger partial charge in [-0.25, -0.2) is 0 Å². The lowest BCUT2D eigenvalue weighted by Crippen LogP contribution is -2.28. The molecular weight excluding hydrogens is 363 g/mol. The summed E-state index contributed by atoms with van der Waals surface area (Å²) in [6.07, 6.45) is -2.19. The highest BCUT2D eigenvalue weighted by atomic mass is 19.4. The minimum atomic E-state index is -4.42. The predicted octanol–water partition coefficient (Wildman–Crippen LogP) is 2.31. The average molecular weight is 377 g/mol. The van der Waals surface area contributed by atoms with Gasteiger partial charge in [0.15, 0.2) is 0 Å². The van der Waals surface area contributed by atoms with Crippen LogP contribution in [0.3, 0.4) is 0 Å². The van der Waals surface area contributed by atoms with Crippen molar-refractivity contribution in [3.8, 4) is 6.07 Å². The number of aromatic nitrogens is 2. The summed E-state index contributed by atoms with van der Waals surface area (Å²) in [6, 6.07) is 8.30. The van der Waals surface area contributed by atoms with Gasteiger partial charge in [0.2, 0.25) is 11.8 Å². The van der Waals surface area contributed by atoms with E-state index in [0.717, 1.165) is 6.20 Å². The summed E-state index contributed by atoms with van der Waals surface area (Å²) in [4.78, 5) is 25.8. The van der Waals surface area contributed by atoms with Crippen molar-refractivity contribution in [2.75, 3.05) is 16.8 Å². The van der Waals surface area contributed by atoms with Gasteiger partial charge in [-0.1, -0.05) is 6.07 Å². The van der Waals surface area contributed by atoms with Gasteiger partial charge in [0.25, 0.3) is 0 Å². The summed E-state index contributed by atoms with van der Waals surface area (Å²) in [5.41, 5.74) is 1.03. The molecule has 2 aromatic rings. The van der Waals surface area contributed by atoms with Crippen molar-refractivity contribution in [1.82, 2.24) is 9.78 Å². The van der Waals surface area contributed by atoms with Gasteiger partial charge in [-0.3, -0.25) is 14.3 Å². The highest BCUT2D eigenvalue weighted by Crippen LogP contribution is 2.27. The topological polar surface area (TPSA) is 91.0 Å². The fourth-order valence-electron chi connectivity index (χ4n) is 2.81. The number of nitrogens with zero attached hydrogens (tertiary/aromatic N) is 4. The molecule has 1 saturated heterocycles. The summed E-state index contributed by atoms with van der Waals surface area (Å²) in [5, 5.41) is 15.1.